The third-order valence-electron chi connectivity index (χ3n) is 5.51. The standard InChI is InChI=1S/C25H22O3/c1-17-15-18(2)23-22(16-17)28-25(24(23)27,20-11-7-4-8-12-20)21(13-14-26)19-9-5-3-6-10-19/h3-12,14-16,21H,13H2,1-2H3/t21-,25-/m0/s1. The first-order valence-corrected chi connectivity index (χ1v) is 9.47. The largest absolute Gasteiger partial charge is 0.473 e. The summed E-state index contributed by atoms with van der Waals surface area (Å²) >= 11 is 0. The highest BCUT2D eigenvalue weighted by molar-refractivity contribution is 6.10. The van der Waals surface area contributed by atoms with Crippen LogP contribution in [-0.2, 0) is 10.4 Å². The van der Waals surface area contributed by atoms with Crippen LogP contribution in [0.1, 0.15) is 45.0 Å². The van der Waals surface area contributed by atoms with Gasteiger partial charge in [0, 0.05) is 17.9 Å². The number of aldehydes is 1. The van der Waals surface area contributed by atoms with Gasteiger partial charge in [0.2, 0.25) is 11.4 Å². The summed E-state index contributed by atoms with van der Waals surface area (Å²) < 4.78 is 6.52. The van der Waals surface area contributed by atoms with Gasteiger partial charge in [0.25, 0.3) is 0 Å². The average molecular weight is 370 g/mol. The second kappa shape index (κ2) is 7.08. The van der Waals surface area contributed by atoms with Crippen LogP contribution < -0.4 is 4.74 Å². The average Bonchev–Trinajstić information content (AvgIpc) is 3.00. The summed E-state index contributed by atoms with van der Waals surface area (Å²) in [5.41, 5.74) is 2.97. The van der Waals surface area contributed by atoms with Crippen molar-refractivity contribution in [3.8, 4) is 5.75 Å². The number of ketones is 1. The highest BCUT2D eigenvalue weighted by Gasteiger charge is 2.55. The number of benzene rings is 3. The number of carbonyl (C=O) groups excluding carboxylic acids is 2. The van der Waals surface area contributed by atoms with E-state index in [4.69, 9.17) is 4.74 Å². The molecule has 0 fully saturated rings. The third kappa shape index (κ3) is 2.75. The molecule has 2 atom stereocenters. The van der Waals surface area contributed by atoms with Crippen molar-refractivity contribution in [3.05, 3.63) is 101 Å². The van der Waals surface area contributed by atoms with E-state index in [1.54, 1.807) is 0 Å². The second-order valence-corrected chi connectivity index (χ2v) is 7.35. The van der Waals surface area contributed by atoms with Gasteiger partial charge in [-0.25, -0.2) is 0 Å². The normalized spacial score (nSPS) is 19.0. The van der Waals surface area contributed by atoms with E-state index in [9.17, 15) is 9.59 Å². The molecule has 28 heavy (non-hydrogen) atoms. The Balaban J connectivity index is 1.99. The molecular weight excluding hydrogens is 348 g/mol. The number of hydrogen-bond donors (Lipinski definition) is 0. The van der Waals surface area contributed by atoms with Crippen LogP contribution in [0.4, 0.5) is 0 Å². The van der Waals surface area contributed by atoms with E-state index in [0.717, 1.165) is 28.5 Å². The number of hydrogen-bond acceptors (Lipinski definition) is 3. The number of aryl methyl sites for hydroxylation is 2. The first-order chi connectivity index (χ1) is 13.6. The SMILES string of the molecule is Cc1cc(C)c2c(c1)O[C@@](c1ccccc1)([C@@H](CC=O)c1ccccc1)C2=O. The van der Waals surface area contributed by atoms with Crippen molar-refractivity contribution in [2.45, 2.75) is 31.8 Å². The van der Waals surface area contributed by atoms with Crippen LogP contribution in [0.2, 0.25) is 0 Å². The van der Waals surface area contributed by atoms with E-state index in [2.05, 4.69) is 0 Å². The Morgan fingerprint density at radius 3 is 2.25 bits per heavy atom. The number of fused-ring (bicyclic) bond motifs is 1. The van der Waals surface area contributed by atoms with Gasteiger partial charge < -0.3 is 9.53 Å². The van der Waals surface area contributed by atoms with E-state index in [0.29, 0.717) is 11.3 Å². The fourth-order valence-electron chi connectivity index (χ4n) is 4.33. The van der Waals surface area contributed by atoms with Gasteiger partial charge in [-0.3, -0.25) is 4.79 Å². The summed E-state index contributed by atoms with van der Waals surface area (Å²) in [6.45, 7) is 3.93. The summed E-state index contributed by atoms with van der Waals surface area (Å²) in [6, 6.07) is 23.1. The van der Waals surface area contributed by atoms with Gasteiger partial charge in [-0.2, -0.15) is 0 Å². The number of ether oxygens (including phenoxy) is 1. The van der Waals surface area contributed by atoms with Gasteiger partial charge in [0.1, 0.15) is 12.0 Å². The predicted molar refractivity (Wildman–Crippen MR) is 109 cm³/mol. The molecular formula is C25H22O3. The van der Waals surface area contributed by atoms with Gasteiger partial charge >= 0.3 is 0 Å². The summed E-state index contributed by atoms with van der Waals surface area (Å²) in [5.74, 6) is 0.0910. The molecule has 0 saturated heterocycles. The maximum atomic E-state index is 13.9. The van der Waals surface area contributed by atoms with Gasteiger partial charge in [0.15, 0.2) is 0 Å². The minimum atomic E-state index is -1.26. The van der Waals surface area contributed by atoms with E-state index in [1.165, 1.54) is 0 Å². The van der Waals surface area contributed by atoms with Crippen molar-refractivity contribution < 1.29 is 14.3 Å². The summed E-state index contributed by atoms with van der Waals surface area (Å²) in [6.07, 6.45) is 1.07. The van der Waals surface area contributed by atoms with Gasteiger partial charge in [0.05, 0.1) is 5.56 Å². The van der Waals surface area contributed by atoms with E-state index < -0.39 is 11.5 Å². The fourth-order valence-corrected chi connectivity index (χ4v) is 4.33. The molecule has 0 saturated carbocycles. The van der Waals surface area contributed by atoms with Crippen molar-refractivity contribution in [1.29, 1.82) is 0 Å². The Labute approximate surface area is 165 Å². The maximum absolute atomic E-state index is 13.9. The fraction of sp³-hybridized carbons (Fsp3) is 0.200. The molecule has 3 nitrogen and oxygen atoms in total. The van der Waals surface area contributed by atoms with Crippen molar-refractivity contribution in [2.24, 2.45) is 0 Å². The summed E-state index contributed by atoms with van der Waals surface area (Å²) in [4.78, 5) is 25.6. The Hall–Kier alpha value is -3.20. The van der Waals surface area contributed by atoms with Crippen LogP contribution in [0.5, 0.6) is 5.75 Å². The first kappa shape index (κ1) is 18.2. The second-order valence-electron chi connectivity index (χ2n) is 7.35. The van der Waals surface area contributed by atoms with Crippen molar-refractivity contribution >= 4 is 12.1 Å². The molecule has 4 rings (SSSR count). The molecule has 3 aromatic rings. The van der Waals surface area contributed by atoms with Gasteiger partial charge in [-0.05, 0) is 36.6 Å². The Bertz CT molecular complexity index is 1020. The lowest BCUT2D eigenvalue weighted by Crippen LogP contribution is -2.43. The molecule has 1 heterocycles. The Morgan fingerprint density at radius 2 is 1.61 bits per heavy atom. The van der Waals surface area contributed by atoms with E-state index in [-0.39, 0.29) is 12.2 Å². The Kier molecular flexibility index (Phi) is 4.60. The molecule has 0 bridgehead atoms. The van der Waals surface area contributed by atoms with Crippen molar-refractivity contribution in [3.63, 3.8) is 0 Å². The molecule has 0 aliphatic carbocycles. The number of rotatable bonds is 5. The minimum absolute atomic E-state index is 0.0816. The van der Waals surface area contributed by atoms with E-state index >= 15 is 0 Å². The highest BCUT2D eigenvalue weighted by atomic mass is 16.5. The minimum Gasteiger partial charge on any atom is -0.473 e. The van der Waals surface area contributed by atoms with Gasteiger partial charge in [-0.1, -0.05) is 66.7 Å². The lowest BCUT2D eigenvalue weighted by molar-refractivity contribution is -0.109. The van der Waals surface area contributed by atoms with Crippen molar-refractivity contribution in [1.82, 2.24) is 0 Å². The number of carbonyl (C=O) groups is 2. The quantitative estimate of drug-likeness (QED) is 0.584. The van der Waals surface area contributed by atoms with Crippen LogP contribution in [-0.4, -0.2) is 12.1 Å². The molecule has 1 aliphatic rings. The molecule has 0 unspecified atom stereocenters. The van der Waals surface area contributed by atoms with E-state index in [1.807, 2.05) is 86.6 Å². The monoisotopic (exact) mass is 370 g/mol. The van der Waals surface area contributed by atoms with Crippen LogP contribution >= 0.6 is 0 Å². The lowest BCUT2D eigenvalue weighted by Gasteiger charge is -2.35. The zero-order valence-corrected chi connectivity index (χ0v) is 16.0. The molecule has 0 aromatic heterocycles. The molecule has 0 amide bonds. The summed E-state index contributed by atoms with van der Waals surface area (Å²) in [5, 5.41) is 0. The zero-order chi connectivity index (χ0) is 19.7. The molecule has 140 valence electrons. The smallest absolute Gasteiger partial charge is 0.215 e. The topological polar surface area (TPSA) is 43.4 Å². The molecule has 3 aromatic carbocycles. The highest BCUT2D eigenvalue weighted by Crippen LogP contribution is 2.51. The molecule has 0 N–H and O–H groups in total. The molecule has 3 heteroatoms. The van der Waals surface area contributed by atoms with Crippen LogP contribution in [0.3, 0.4) is 0 Å². The molecule has 0 radical (unpaired) electrons. The lowest BCUT2D eigenvalue weighted by atomic mass is 9.72. The number of Topliss-reactive ketones (excluding diaryl/α,β-unsaturated/α-hetero) is 1. The summed E-state index contributed by atoms with van der Waals surface area (Å²) in [7, 11) is 0. The first-order valence-electron chi connectivity index (χ1n) is 9.47. The molecule has 0 spiro atoms. The maximum Gasteiger partial charge on any atom is 0.215 e. The van der Waals surface area contributed by atoms with Crippen molar-refractivity contribution in [2.75, 3.05) is 0 Å². The van der Waals surface area contributed by atoms with Crippen LogP contribution in [0, 0.1) is 13.8 Å². The third-order valence-corrected chi connectivity index (χ3v) is 5.51. The Morgan fingerprint density at radius 1 is 0.964 bits per heavy atom. The van der Waals surface area contributed by atoms with Gasteiger partial charge in [-0.15, -0.1) is 0 Å². The van der Waals surface area contributed by atoms with Crippen LogP contribution in [0.15, 0.2) is 72.8 Å². The molecule has 1 aliphatic heterocycles. The van der Waals surface area contributed by atoms with Crippen LogP contribution in [0.25, 0.3) is 0 Å². The predicted octanol–water partition coefficient (Wildman–Crippen LogP) is 5.15. The zero-order valence-electron chi connectivity index (χ0n) is 16.0.